The van der Waals surface area contributed by atoms with Crippen LogP contribution in [0.3, 0.4) is 0 Å². The molecule has 0 aliphatic rings. The first-order valence-electron chi connectivity index (χ1n) is 3.53. The number of aliphatic hydroxyl groups is 2. The Morgan fingerprint density at radius 2 is 1.83 bits per heavy atom. The van der Waals surface area contributed by atoms with E-state index in [0.717, 1.165) is 5.06 Å². The van der Waals surface area contributed by atoms with Crippen LogP contribution in [0, 0.1) is 0 Å². The quantitative estimate of drug-likeness (QED) is 0.391. The van der Waals surface area contributed by atoms with Crippen molar-refractivity contribution in [3.63, 3.8) is 0 Å². The highest BCUT2D eigenvalue weighted by molar-refractivity contribution is 5.66. The van der Waals surface area contributed by atoms with Crippen molar-refractivity contribution in [3.05, 3.63) is 0 Å². The molecule has 0 aromatic carbocycles. The Morgan fingerprint density at radius 1 is 1.42 bits per heavy atom. The van der Waals surface area contributed by atoms with Gasteiger partial charge < -0.3 is 20.4 Å². The number of nitrogens with zero attached hydrogens (tertiary/aromatic N) is 1. The van der Waals surface area contributed by atoms with E-state index in [1.807, 2.05) is 0 Å². The Morgan fingerprint density at radius 3 is 2.08 bits per heavy atom. The van der Waals surface area contributed by atoms with Gasteiger partial charge in [0.15, 0.2) is 0 Å². The van der Waals surface area contributed by atoms with Gasteiger partial charge in [0.1, 0.15) is 12.5 Å². The van der Waals surface area contributed by atoms with E-state index in [-0.39, 0.29) is 0 Å². The van der Waals surface area contributed by atoms with Gasteiger partial charge in [-0.2, -0.15) is 0 Å². The summed E-state index contributed by atoms with van der Waals surface area (Å²) in [6.07, 6.45) is -2.85. The Kier molecular flexibility index (Phi) is 4.57. The summed E-state index contributed by atoms with van der Waals surface area (Å²) in [7, 11) is 1.38. The summed E-state index contributed by atoms with van der Waals surface area (Å²) >= 11 is 0. The smallest absolute Gasteiger partial charge is 0.375 e. The molecule has 0 spiro atoms. The van der Waals surface area contributed by atoms with Crippen molar-refractivity contribution in [2.75, 3.05) is 7.05 Å². The minimum Gasteiger partial charge on any atom is -0.375 e. The highest BCUT2D eigenvalue weighted by atomic mass is 16.7. The fourth-order valence-electron chi connectivity index (χ4n) is 0.606. The summed E-state index contributed by atoms with van der Waals surface area (Å²) in [5.41, 5.74) is 0. The molecular formula is C6H14N2O4. The van der Waals surface area contributed by atoms with Crippen molar-refractivity contribution >= 4 is 6.09 Å². The first kappa shape index (κ1) is 11.2. The first-order chi connectivity index (χ1) is 5.49. The molecule has 0 saturated heterocycles. The zero-order chi connectivity index (χ0) is 9.72. The van der Waals surface area contributed by atoms with Crippen LogP contribution in [-0.2, 0) is 4.84 Å². The maximum Gasteiger partial charge on any atom is 0.426 e. The molecule has 0 radical (unpaired) electrons. The lowest BCUT2D eigenvalue weighted by atomic mass is 10.5. The summed E-state index contributed by atoms with van der Waals surface area (Å²) < 4.78 is 0. The van der Waals surface area contributed by atoms with Gasteiger partial charge in [0.2, 0.25) is 0 Å². The highest BCUT2D eigenvalue weighted by Crippen LogP contribution is 2.01. The standard InChI is InChI=1S/C6H14N2O4/c1-4(9)8(5(2)10)12-6(11)7-3/h4-5,9-10H,1-3H3,(H,7,11). The average molecular weight is 178 g/mol. The van der Waals surface area contributed by atoms with Crippen molar-refractivity contribution in [2.45, 2.75) is 26.3 Å². The van der Waals surface area contributed by atoms with E-state index in [0.29, 0.717) is 0 Å². The summed E-state index contributed by atoms with van der Waals surface area (Å²) in [4.78, 5) is 15.1. The number of hydroxylamine groups is 2. The molecule has 2 unspecified atom stereocenters. The van der Waals surface area contributed by atoms with E-state index in [1.54, 1.807) is 0 Å². The summed E-state index contributed by atoms with van der Waals surface area (Å²) in [6.45, 7) is 2.74. The van der Waals surface area contributed by atoms with Gasteiger partial charge in [-0.05, 0) is 13.8 Å². The van der Waals surface area contributed by atoms with E-state index >= 15 is 0 Å². The van der Waals surface area contributed by atoms with Crippen LogP contribution in [0.4, 0.5) is 4.79 Å². The van der Waals surface area contributed by atoms with E-state index in [9.17, 15) is 4.79 Å². The molecule has 6 heteroatoms. The molecule has 6 nitrogen and oxygen atoms in total. The maximum absolute atomic E-state index is 10.6. The fraction of sp³-hybridized carbons (Fsp3) is 0.833. The van der Waals surface area contributed by atoms with E-state index in [4.69, 9.17) is 10.2 Å². The lowest BCUT2D eigenvalue weighted by Gasteiger charge is -2.25. The molecule has 12 heavy (non-hydrogen) atoms. The number of hydrogen-bond acceptors (Lipinski definition) is 5. The molecule has 0 aromatic rings. The SMILES string of the molecule is CNC(=O)ON(C(C)O)C(C)O. The first-order valence-corrected chi connectivity index (χ1v) is 3.53. The van der Waals surface area contributed by atoms with Crippen molar-refractivity contribution in [1.82, 2.24) is 10.4 Å². The van der Waals surface area contributed by atoms with Crippen LogP contribution in [-0.4, -0.2) is 40.9 Å². The van der Waals surface area contributed by atoms with Gasteiger partial charge in [-0.1, -0.05) is 5.06 Å². The Balaban J connectivity index is 4.05. The zero-order valence-corrected chi connectivity index (χ0v) is 7.31. The third-order valence-corrected chi connectivity index (χ3v) is 1.13. The highest BCUT2D eigenvalue weighted by Gasteiger charge is 2.20. The number of hydrogen-bond donors (Lipinski definition) is 3. The van der Waals surface area contributed by atoms with E-state index in [1.165, 1.54) is 20.9 Å². The fourth-order valence-corrected chi connectivity index (χ4v) is 0.606. The lowest BCUT2D eigenvalue weighted by molar-refractivity contribution is -0.255. The minimum atomic E-state index is -1.05. The second-order valence-corrected chi connectivity index (χ2v) is 2.25. The molecule has 72 valence electrons. The van der Waals surface area contributed by atoms with Crippen LogP contribution < -0.4 is 5.32 Å². The Hall–Kier alpha value is -0.850. The van der Waals surface area contributed by atoms with Gasteiger partial charge >= 0.3 is 6.09 Å². The summed E-state index contributed by atoms with van der Waals surface area (Å²) in [5, 5.41) is 20.9. The molecule has 0 aromatic heterocycles. The third-order valence-electron chi connectivity index (χ3n) is 1.13. The van der Waals surface area contributed by atoms with Crippen LogP contribution in [0.25, 0.3) is 0 Å². The molecule has 0 saturated carbocycles. The van der Waals surface area contributed by atoms with Crippen LogP contribution in [0.2, 0.25) is 0 Å². The molecular weight excluding hydrogens is 164 g/mol. The molecule has 0 bridgehead atoms. The summed E-state index contributed by atoms with van der Waals surface area (Å²) in [5.74, 6) is 0. The topological polar surface area (TPSA) is 82.0 Å². The van der Waals surface area contributed by atoms with Crippen molar-refractivity contribution in [1.29, 1.82) is 0 Å². The minimum absolute atomic E-state index is 0.739. The van der Waals surface area contributed by atoms with Crippen LogP contribution in [0.1, 0.15) is 13.8 Å². The molecule has 0 fully saturated rings. The van der Waals surface area contributed by atoms with Crippen LogP contribution in [0.5, 0.6) is 0 Å². The predicted octanol–water partition coefficient (Wildman–Crippen LogP) is -0.764. The van der Waals surface area contributed by atoms with E-state index < -0.39 is 18.5 Å². The normalized spacial score (nSPS) is 15.5. The third kappa shape index (κ3) is 3.51. The monoisotopic (exact) mass is 178 g/mol. The number of carbonyl (C=O) groups excluding carboxylic acids is 1. The number of amides is 1. The lowest BCUT2D eigenvalue weighted by Crippen LogP contribution is -2.43. The molecule has 0 heterocycles. The second-order valence-electron chi connectivity index (χ2n) is 2.25. The maximum atomic E-state index is 10.6. The Bertz CT molecular complexity index is 140. The Labute approximate surface area is 70.7 Å². The van der Waals surface area contributed by atoms with Crippen LogP contribution in [0.15, 0.2) is 0 Å². The predicted molar refractivity (Wildman–Crippen MR) is 40.7 cm³/mol. The number of rotatable bonds is 3. The van der Waals surface area contributed by atoms with Gasteiger partial charge in [0.05, 0.1) is 0 Å². The van der Waals surface area contributed by atoms with Gasteiger partial charge in [-0.3, -0.25) is 0 Å². The zero-order valence-electron chi connectivity index (χ0n) is 7.31. The molecule has 0 rings (SSSR count). The average Bonchev–Trinajstić information content (AvgIpc) is 1.98. The molecule has 2 atom stereocenters. The largest absolute Gasteiger partial charge is 0.426 e. The van der Waals surface area contributed by atoms with E-state index in [2.05, 4.69) is 10.2 Å². The van der Waals surface area contributed by atoms with Gasteiger partial charge in [0, 0.05) is 7.05 Å². The van der Waals surface area contributed by atoms with Crippen molar-refractivity contribution < 1.29 is 19.8 Å². The van der Waals surface area contributed by atoms with Crippen molar-refractivity contribution in [2.24, 2.45) is 0 Å². The van der Waals surface area contributed by atoms with Crippen molar-refractivity contribution in [3.8, 4) is 0 Å². The van der Waals surface area contributed by atoms with Gasteiger partial charge in [-0.25, -0.2) is 4.79 Å². The van der Waals surface area contributed by atoms with Gasteiger partial charge in [0.25, 0.3) is 0 Å². The summed E-state index contributed by atoms with van der Waals surface area (Å²) in [6, 6.07) is 0. The van der Waals surface area contributed by atoms with Crippen LogP contribution >= 0.6 is 0 Å². The molecule has 0 aliphatic carbocycles. The number of aliphatic hydroxyl groups excluding tert-OH is 2. The number of carbonyl (C=O) groups is 1. The molecule has 3 N–H and O–H groups in total. The second kappa shape index (κ2) is 4.91. The number of nitrogens with one attached hydrogen (secondary N) is 1. The molecule has 1 amide bonds. The van der Waals surface area contributed by atoms with Gasteiger partial charge in [-0.15, -0.1) is 0 Å². The molecule has 0 aliphatic heterocycles.